The van der Waals surface area contributed by atoms with E-state index in [1.54, 1.807) is 0 Å². The number of hydrogen-bond donors (Lipinski definition) is 0. The van der Waals surface area contributed by atoms with E-state index in [0.717, 1.165) is 12.3 Å². The Balaban J connectivity index is 2.19. The van der Waals surface area contributed by atoms with E-state index in [4.69, 9.17) is 4.74 Å². The third kappa shape index (κ3) is 2.63. The van der Waals surface area contributed by atoms with Crippen LogP contribution >= 0.6 is 0 Å². The Morgan fingerprint density at radius 1 is 1.33 bits per heavy atom. The first-order valence-electron chi connectivity index (χ1n) is 5.62. The largest absolute Gasteiger partial charge is 0.474 e. The molecule has 1 atom stereocenters. The molecule has 0 saturated heterocycles. The molecule has 2 heterocycles. The van der Waals surface area contributed by atoms with Crippen LogP contribution in [-0.4, -0.2) is 23.5 Å². The van der Waals surface area contributed by atoms with Crippen LogP contribution in [0.5, 0.6) is 0 Å². The molecular weight excluding hydrogens is 245 g/mol. The summed E-state index contributed by atoms with van der Waals surface area (Å²) in [6.45, 7) is 4.48. The Hall–Kier alpha value is -1.59. The number of rotatable bonds is 2. The van der Waals surface area contributed by atoms with Crippen LogP contribution in [0.25, 0.3) is 0 Å². The molecule has 2 rings (SSSR count). The first-order valence-corrected chi connectivity index (χ1v) is 5.62. The van der Waals surface area contributed by atoms with Crippen molar-refractivity contribution in [2.75, 3.05) is 6.61 Å². The summed E-state index contributed by atoms with van der Waals surface area (Å²) >= 11 is 0. The first-order chi connectivity index (χ1) is 8.38. The zero-order chi connectivity index (χ0) is 13.3. The maximum atomic E-state index is 12.4. The summed E-state index contributed by atoms with van der Waals surface area (Å²) in [4.78, 5) is 8.05. The zero-order valence-corrected chi connectivity index (χ0v) is 10.0. The molecule has 18 heavy (non-hydrogen) atoms. The highest BCUT2D eigenvalue weighted by Gasteiger charge is 2.31. The van der Waals surface area contributed by atoms with Gasteiger partial charge in [0.05, 0.1) is 11.6 Å². The lowest BCUT2D eigenvalue weighted by molar-refractivity contribution is -0.137. The number of nitrogens with zero attached hydrogens (tertiary/aromatic N) is 2. The molecule has 0 amide bonds. The van der Waals surface area contributed by atoms with Crippen LogP contribution < -0.4 is 0 Å². The van der Waals surface area contributed by atoms with Crippen molar-refractivity contribution < 1.29 is 17.9 Å². The highest BCUT2D eigenvalue weighted by atomic mass is 19.4. The molecule has 1 aliphatic heterocycles. The number of alkyl halides is 3. The summed E-state index contributed by atoms with van der Waals surface area (Å²) in [6.07, 6.45) is -3.58. The molecule has 3 nitrogen and oxygen atoms in total. The van der Waals surface area contributed by atoms with Crippen molar-refractivity contribution in [3.63, 3.8) is 0 Å². The summed E-state index contributed by atoms with van der Waals surface area (Å²) in [7, 11) is 0. The van der Waals surface area contributed by atoms with E-state index in [-0.39, 0.29) is 6.04 Å². The van der Waals surface area contributed by atoms with Crippen molar-refractivity contribution in [3.8, 4) is 0 Å². The number of aromatic nitrogens is 1. The topological polar surface area (TPSA) is 34.5 Å². The smallest absolute Gasteiger partial charge is 0.417 e. The number of aliphatic imine (C=N–C) groups is 1. The van der Waals surface area contributed by atoms with E-state index in [1.165, 1.54) is 6.07 Å². The fourth-order valence-electron chi connectivity index (χ4n) is 1.56. The number of halogens is 3. The van der Waals surface area contributed by atoms with Crippen molar-refractivity contribution in [3.05, 3.63) is 29.6 Å². The predicted octanol–water partition coefficient (Wildman–Crippen LogP) is 2.90. The van der Waals surface area contributed by atoms with E-state index in [9.17, 15) is 13.2 Å². The van der Waals surface area contributed by atoms with E-state index in [2.05, 4.69) is 9.98 Å². The van der Waals surface area contributed by atoms with Crippen LogP contribution in [0.15, 0.2) is 23.3 Å². The van der Waals surface area contributed by atoms with Gasteiger partial charge in [-0.15, -0.1) is 0 Å². The lowest BCUT2D eigenvalue weighted by Crippen LogP contribution is -2.13. The molecule has 0 radical (unpaired) electrons. The number of hydrogen-bond acceptors (Lipinski definition) is 3. The van der Waals surface area contributed by atoms with Gasteiger partial charge in [-0.3, -0.25) is 4.98 Å². The highest BCUT2D eigenvalue weighted by Crippen LogP contribution is 2.28. The molecule has 0 spiro atoms. The van der Waals surface area contributed by atoms with Crippen LogP contribution in [0.3, 0.4) is 0 Å². The SMILES string of the molecule is CC(C)[C@H]1COC(c2ccc(C(F)(F)F)cn2)=N1. The van der Waals surface area contributed by atoms with Crippen LogP contribution in [0.1, 0.15) is 25.1 Å². The second-order valence-electron chi connectivity index (χ2n) is 4.49. The second kappa shape index (κ2) is 4.59. The quantitative estimate of drug-likeness (QED) is 0.817. The summed E-state index contributed by atoms with van der Waals surface area (Å²) in [5, 5.41) is 0. The molecule has 1 aromatic rings. The average Bonchev–Trinajstić information content (AvgIpc) is 2.77. The van der Waals surface area contributed by atoms with Crippen LogP contribution in [-0.2, 0) is 10.9 Å². The Kier molecular flexibility index (Phi) is 3.28. The molecule has 98 valence electrons. The minimum atomic E-state index is -4.37. The third-order valence-corrected chi connectivity index (χ3v) is 2.75. The molecule has 6 heteroatoms. The molecule has 1 aromatic heterocycles. The van der Waals surface area contributed by atoms with E-state index in [0.29, 0.717) is 24.1 Å². The van der Waals surface area contributed by atoms with Crippen molar-refractivity contribution in [2.45, 2.75) is 26.1 Å². The van der Waals surface area contributed by atoms with Gasteiger partial charge in [0.2, 0.25) is 5.90 Å². The van der Waals surface area contributed by atoms with Gasteiger partial charge in [0, 0.05) is 6.20 Å². The maximum absolute atomic E-state index is 12.4. The van der Waals surface area contributed by atoms with Gasteiger partial charge in [-0.2, -0.15) is 13.2 Å². The molecule has 1 aliphatic rings. The molecular formula is C12H13F3N2O. The van der Waals surface area contributed by atoms with Crippen LogP contribution in [0.4, 0.5) is 13.2 Å². The third-order valence-electron chi connectivity index (χ3n) is 2.75. The normalized spacial score (nSPS) is 19.9. The number of pyridine rings is 1. The summed E-state index contributed by atoms with van der Waals surface area (Å²) in [5.41, 5.74) is -0.434. The summed E-state index contributed by atoms with van der Waals surface area (Å²) < 4.78 is 42.4. The minimum absolute atomic E-state index is 0.0455. The fraction of sp³-hybridized carbons (Fsp3) is 0.500. The minimum Gasteiger partial charge on any atom is -0.474 e. The Morgan fingerprint density at radius 3 is 2.50 bits per heavy atom. The predicted molar refractivity (Wildman–Crippen MR) is 60.4 cm³/mol. The monoisotopic (exact) mass is 258 g/mol. The Morgan fingerprint density at radius 2 is 2.06 bits per heavy atom. The highest BCUT2D eigenvalue weighted by molar-refractivity contribution is 5.93. The summed E-state index contributed by atoms with van der Waals surface area (Å²) in [6, 6.07) is 2.31. The van der Waals surface area contributed by atoms with Gasteiger partial charge < -0.3 is 4.74 Å². The first kappa shape index (κ1) is 12.9. The average molecular weight is 258 g/mol. The molecule has 0 bridgehead atoms. The standard InChI is InChI=1S/C12H13F3N2O/c1-7(2)10-6-18-11(17-10)9-4-3-8(5-16-9)12(13,14)15/h3-5,7,10H,6H2,1-2H3/t10-/m1/s1. The van der Waals surface area contributed by atoms with Gasteiger partial charge in [0.1, 0.15) is 12.3 Å². The molecule has 0 fully saturated rings. The van der Waals surface area contributed by atoms with Gasteiger partial charge in [-0.05, 0) is 18.1 Å². The second-order valence-corrected chi connectivity index (χ2v) is 4.49. The molecule has 0 unspecified atom stereocenters. The van der Waals surface area contributed by atoms with Crippen molar-refractivity contribution >= 4 is 5.90 Å². The Bertz CT molecular complexity index is 451. The van der Waals surface area contributed by atoms with Gasteiger partial charge in [0.15, 0.2) is 0 Å². The van der Waals surface area contributed by atoms with Gasteiger partial charge in [-0.25, -0.2) is 4.99 Å². The van der Waals surface area contributed by atoms with E-state index < -0.39 is 11.7 Å². The van der Waals surface area contributed by atoms with E-state index in [1.807, 2.05) is 13.8 Å². The van der Waals surface area contributed by atoms with Gasteiger partial charge in [0.25, 0.3) is 0 Å². The van der Waals surface area contributed by atoms with Crippen LogP contribution in [0.2, 0.25) is 0 Å². The maximum Gasteiger partial charge on any atom is 0.417 e. The number of ether oxygens (including phenoxy) is 1. The van der Waals surface area contributed by atoms with Gasteiger partial charge >= 0.3 is 6.18 Å². The lowest BCUT2D eigenvalue weighted by Gasteiger charge is -2.06. The molecule has 0 aromatic carbocycles. The van der Waals surface area contributed by atoms with Crippen LogP contribution in [0, 0.1) is 5.92 Å². The molecule has 0 saturated carbocycles. The van der Waals surface area contributed by atoms with Crippen molar-refractivity contribution in [2.24, 2.45) is 10.9 Å². The van der Waals surface area contributed by atoms with Crippen molar-refractivity contribution in [1.29, 1.82) is 0 Å². The zero-order valence-electron chi connectivity index (χ0n) is 10.0. The van der Waals surface area contributed by atoms with E-state index >= 15 is 0 Å². The van der Waals surface area contributed by atoms with Gasteiger partial charge in [-0.1, -0.05) is 13.8 Å². The lowest BCUT2D eigenvalue weighted by atomic mass is 10.1. The molecule has 0 aliphatic carbocycles. The fourth-order valence-corrected chi connectivity index (χ4v) is 1.56. The molecule has 0 N–H and O–H groups in total. The van der Waals surface area contributed by atoms with Crippen molar-refractivity contribution in [1.82, 2.24) is 4.98 Å². The summed E-state index contributed by atoms with van der Waals surface area (Å²) in [5.74, 6) is 0.652. The Labute approximate surface area is 103 Å².